The third-order valence-electron chi connectivity index (χ3n) is 3.04. The van der Waals surface area contributed by atoms with Crippen molar-refractivity contribution in [3.63, 3.8) is 0 Å². The Morgan fingerprint density at radius 3 is 2.85 bits per heavy atom. The predicted octanol–water partition coefficient (Wildman–Crippen LogP) is 0.552. The van der Waals surface area contributed by atoms with Crippen LogP contribution in [0.4, 0.5) is 0 Å². The van der Waals surface area contributed by atoms with Gasteiger partial charge in [0.15, 0.2) is 0 Å². The van der Waals surface area contributed by atoms with Gasteiger partial charge in [0.2, 0.25) is 0 Å². The van der Waals surface area contributed by atoms with Crippen molar-refractivity contribution in [1.29, 1.82) is 0 Å². The summed E-state index contributed by atoms with van der Waals surface area (Å²) in [6, 6.07) is 3.90. The van der Waals surface area contributed by atoms with Crippen LogP contribution in [0.5, 0.6) is 0 Å². The first-order valence-corrected chi connectivity index (χ1v) is 6.62. The first kappa shape index (κ1) is 16.6. The number of nitrogens with zero attached hydrogens (tertiary/aromatic N) is 2. The molecule has 0 fully saturated rings. The SMILES string of the molecule is COCCN(CCC(=O)OC)Cc1cccnc1CN. The van der Waals surface area contributed by atoms with E-state index in [1.54, 1.807) is 13.3 Å². The van der Waals surface area contributed by atoms with Crippen molar-refractivity contribution in [3.8, 4) is 0 Å². The van der Waals surface area contributed by atoms with E-state index >= 15 is 0 Å². The van der Waals surface area contributed by atoms with Gasteiger partial charge in [0.1, 0.15) is 0 Å². The number of ether oxygens (including phenoxy) is 2. The number of hydrogen-bond donors (Lipinski definition) is 1. The molecule has 20 heavy (non-hydrogen) atoms. The Morgan fingerprint density at radius 2 is 2.20 bits per heavy atom. The average molecular weight is 281 g/mol. The van der Waals surface area contributed by atoms with Crippen LogP contribution in [0.1, 0.15) is 17.7 Å². The fourth-order valence-corrected chi connectivity index (χ4v) is 1.88. The zero-order chi connectivity index (χ0) is 14.8. The Balaban J connectivity index is 2.65. The van der Waals surface area contributed by atoms with Crippen LogP contribution >= 0.6 is 0 Å². The maximum absolute atomic E-state index is 11.3. The standard InChI is InChI=1S/C14H23N3O3/c1-19-9-8-17(7-5-14(18)20-2)11-12-4-3-6-16-13(12)10-15/h3-4,6H,5,7-11,15H2,1-2H3. The van der Waals surface area contributed by atoms with Gasteiger partial charge >= 0.3 is 5.97 Å². The van der Waals surface area contributed by atoms with Crippen molar-refractivity contribution in [1.82, 2.24) is 9.88 Å². The molecule has 0 aliphatic carbocycles. The van der Waals surface area contributed by atoms with Crippen LogP contribution in [0.3, 0.4) is 0 Å². The molecule has 0 atom stereocenters. The number of esters is 1. The van der Waals surface area contributed by atoms with Gasteiger partial charge in [-0.1, -0.05) is 6.07 Å². The lowest BCUT2D eigenvalue weighted by atomic mass is 10.1. The molecule has 0 radical (unpaired) electrons. The molecular weight excluding hydrogens is 258 g/mol. The van der Waals surface area contributed by atoms with Crippen molar-refractivity contribution in [2.45, 2.75) is 19.5 Å². The Morgan fingerprint density at radius 1 is 1.40 bits per heavy atom. The molecule has 0 bridgehead atoms. The molecule has 1 rings (SSSR count). The van der Waals surface area contributed by atoms with Gasteiger partial charge in [0.25, 0.3) is 0 Å². The van der Waals surface area contributed by atoms with Gasteiger partial charge in [-0.3, -0.25) is 14.7 Å². The molecule has 0 aromatic carbocycles. The fourth-order valence-electron chi connectivity index (χ4n) is 1.88. The first-order valence-electron chi connectivity index (χ1n) is 6.62. The molecule has 0 aliphatic heterocycles. The van der Waals surface area contributed by atoms with Gasteiger partial charge in [-0.2, -0.15) is 0 Å². The molecule has 2 N–H and O–H groups in total. The normalized spacial score (nSPS) is 10.8. The third-order valence-corrected chi connectivity index (χ3v) is 3.04. The molecule has 0 aliphatic rings. The van der Waals surface area contributed by atoms with E-state index < -0.39 is 0 Å². The highest BCUT2D eigenvalue weighted by Gasteiger charge is 2.11. The van der Waals surface area contributed by atoms with E-state index in [0.717, 1.165) is 17.8 Å². The van der Waals surface area contributed by atoms with E-state index in [-0.39, 0.29) is 5.97 Å². The topological polar surface area (TPSA) is 77.7 Å². The maximum Gasteiger partial charge on any atom is 0.306 e. The lowest BCUT2D eigenvalue weighted by molar-refractivity contribution is -0.141. The quantitative estimate of drug-likeness (QED) is 0.666. The van der Waals surface area contributed by atoms with Gasteiger partial charge < -0.3 is 15.2 Å². The summed E-state index contributed by atoms with van der Waals surface area (Å²) in [5.41, 5.74) is 7.65. The molecular formula is C14H23N3O3. The minimum atomic E-state index is -0.211. The highest BCUT2D eigenvalue weighted by molar-refractivity contribution is 5.69. The number of nitrogens with two attached hydrogens (primary N) is 1. The Kier molecular flexibility index (Phi) is 7.79. The van der Waals surface area contributed by atoms with Crippen LogP contribution in [0.25, 0.3) is 0 Å². The second kappa shape index (κ2) is 9.41. The smallest absolute Gasteiger partial charge is 0.306 e. The molecule has 0 saturated heterocycles. The van der Waals surface area contributed by atoms with Gasteiger partial charge in [0, 0.05) is 39.5 Å². The number of pyridine rings is 1. The van der Waals surface area contributed by atoms with Crippen LogP contribution in [0, 0.1) is 0 Å². The minimum Gasteiger partial charge on any atom is -0.469 e. The van der Waals surface area contributed by atoms with Crippen molar-refractivity contribution >= 4 is 5.97 Å². The maximum atomic E-state index is 11.3. The van der Waals surface area contributed by atoms with Gasteiger partial charge in [-0.25, -0.2) is 0 Å². The molecule has 0 spiro atoms. The monoisotopic (exact) mass is 281 g/mol. The summed E-state index contributed by atoms with van der Waals surface area (Å²) in [6.07, 6.45) is 2.10. The summed E-state index contributed by atoms with van der Waals surface area (Å²) in [5.74, 6) is -0.211. The predicted molar refractivity (Wildman–Crippen MR) is 75.9 cm³/mol. The van der Waals surface area contributed by atoms with Crippen molar-refractivity contribution in [2.75, 3.05) is 33.9 Å². The Labute approximate surface area is 119 Å². The van der Waals surface area contributed by atoms with Crippen molar-refractivity contribution in [3.05, 3.63) is 29.6 Å². The number of methoxy groups -OCH3 is 2. The van der Waals surface area contributed by atoms with Gasteiger partial charge in [-0.05, 0) is 11.6 Å². The summed E-state index contributed by atoms with van der Waals surface area (Å²) in [4.78, 5) is 17.7. The van der Waals surface area contributed by atoms with Crippen LogP contribution in [0.2, 0.25) is 0 Å². The second-order valence-electron chi connectivity index (χ2n) is 4.41. The molecule has 1 heterocycles. The van der Waals surface area contributed by atoms with Crippen LogP contribution in [0.15, 0.2) is 18.3 Å². The number of rotatable bonds is 9. The summed E-state index contributed by atoms with van der Waals surface area (Å²) in [6.45, 7) is 3.08. The highest BCUT2D eigenvalue weighted by Crippen LogP contribution is 2.09. The number of hydrogen-bond acceptors (Lipinski definition) is 6. The molecule has 1 aromatic heterocycles. The Bertz CT molecular complexity index is 412. The molecule has 0 saturated carbocycles. The Hall–Kier alpha value is -1.50. The van der Waals surface area contributed by atoms with E-state index in [1.807, 2.05) is 12.1 Å². The van der Waals surface area contributed by atoms with E-state index in [9.17, 15) is 4.79 Å². The fraction of sp³-hybridized carbons (Fsp3) is 0.571. The van der Waals surface area contributed by atoms with Gasteiger partial charge in [-0.15, -0.1) is 0 Å². The third kappa shape index (κ3) is 5.64. The number of aromatic nitrogens is 1. The lowest BCUT2D eigenvalue weighted by Crippen LogP contribution is -2.30. The molecule has 0 amide bonds. The first-order chi connectivity index (χ1) is 9.71. The van der Waals surface area contributed by atoms with E-state index in [1.165, 1.54) is 7.11 Å². The summed E-state index contributed by atoms with van der Waals surface area (Å²) in [5, 5.41) is 0. The molecule has 0 unspecified atom stereocenters. The zero-order valence-electron chi connectivity index (χ0n) is 12.2. The summed E-state index contributed by atoms with van der Waals surface area (Å²) >= 11 is 0. The zero-order valence-corrected chi connectivity index (χ0v) is 12.2. The van der Waals surface area contributed by atoms with Crippen molar-refractivity contribution in [2.24, 2.45) is 5.73 Å². The van der Waals surface area contributed by atoms with Crippen molar-refractivity contribution < 1.29 is 14.3 Å². The van der Waals surface area contributed by atoms with Crippen LogP contribution < -0.4 is 5.73 Å². The largest absolute Gasteiger partial charge is 0.469 e. The summed E-state index contributed by atoms with van der Waals surface area (Å²) < 4.78 is 9.77. The van der Waals surface area contributed by atoms with Gasteiger partial charge in [0.05, 0.1) is 25.8 Å². The summed E-state index contributed by atoms with van der Waals surface area (Å²) in [7, 11) is 3.06. The number of carbonyl (C=O) groups is 1. The minimum absolute atomic E-state index is 0.211. The second-order valence-corrected chi connectivity index (χ2v) is 4.41. The van der Waals surface area contributed by atoms with E-state index in [0.29, 0.717) is 32.7 Å². The molecule has 6 heteroatoms. The van der Waals surface area contributed by atoms with E-state index in [4.69, 9.17) is 10.5 Å². The van der Waals surface area contributed by atoms with Crippen LogP contribution in [-0.2, 0) is 27.4 Å². The lowest BCUT2D eigenvalue weighted by Gasteiger charge is -2.22. The molecule has 1 aromatic rings. The molecule has 112 valence electrons. The number of carbonyl (C=O) groups excluding carboxylic acids is 1. The van der Waals surface area contributed by atoms with E-state index in [2.05, 4.69) is 14.6 Å². The molecule has 6 nitrogen and oxygen atoms in total. The highest BCUT2D eigenvalue weighted by atomic mass is 16.5. The van der Waals surface area contributed by atoms with Crippen LogP contribution in [-0.4, -0.2) is 49.8 Å². The average Bonchev–Trinajstić information content (AvgIpc) is 2.49.